The summed E-state index contributed by atoms with van der Waals surface area (Å²) in [4.78, 5) is 14.2. The van der Waals surface area contributed by atoms with Crippen molar-refractivity contribution in [2.24, 2.45) is 5.73 Å². The van der Waals surface area contributed by atoms with Crippen LogP contribution in [-0.4, -0.2) is 4.57 Å². The third-order valence-electron chi connectivity index (χ3n) is 6.39. The van der Waals surface area contributed by atoms with Crippen LogP contribution in [0.3, 0.4) is 0 Å². The lowest BCUT2D eigenvalue weighted by Gasteiger charge is -2.29. The highest BCUT2D eigenvalue weighted by Gasteiger charge is 2.36. The second-order valence-electron chi connectivity index (χ2n) is 8.23. The summed E-state index contributed by atoms with van der Waals surface area (Å²) >= 11 is 0. The van der Waals surface area contributed by atoms with Crippen molar-refractivity contribution in [2.45, 2.75) is 5.92 Å². The van der Waals surface area contributed by atoms with E-state index in [1.54, 1.807) is 4.57 Å². The van der Waals surface area contributed by atoms with E-state index < -0.39 is 5.92 Å². The van der Waals surface area contributed by atoms with Crippen LogP contribution in [0.2, 0.25) is 0 Å². The summed E-state index contributed by atoms with van der Waals surface area (Å²) in [6, 6.07) is 33.2. The Kier molecular flexibility index (Phi) is 4.46. The van der Waals surface area contributed by atoms with Crippen molar-refractivity contribution < 1.29 is 4.74 Å². The number of allylic oxidation sites excluding steroid dienone is 1. The number of rotatable bonds is 2. The van der Waals surface area contributed by atoms with Gasteiger partial charge < -0.3 is 10.5 Å². The molecule has 1 aliphatic heterocycles. The zero-order valence-electron chi connectivity index (χ0n) is 18.1. The van der Waals surface area contributed by atoms with Crippen LogP contribution < -0.4 is 16.0 Å². The molecule has 6 rings (SSSR count). The van der Waals surface area contributed by atoms with E-state index in [-0.39, 0.29) is 17.0 Å². The molecule has 0 spiro atoms. The minimum absolute atomic E-state index is 0.0231. The summed E-state index contributed by atoms with van der Waals surface area (Å²) < 4.78 is 7.69. The molecule has 0 fully saturated rings. The number of benzene rings is 4. The highest BCUT2D eigenvalue weighted by Crippen LogP contribution is 2.45. The van der Waals surface area contributed by atoms with Crippen LogP contribution in [0.5, 0.6) is 5.75 Å². The minimum atomic E-state index is -0.660. The van der Waals surface area contributed by atoms with Gasteiger partial charge in [-0.05, 0) is 40.6 Å². The predicted molar refractivity (Wildman–Crippen MR) is 133 cm³/mol. The second-order valence-corrected chi connectivity index (χ2v) is 8.23. The maximum Gasteiger partial charge on any atom is 0.263 e. The Balaban J connectivity index is 1.78. The highest BCUT2D eigenvalue weighted by atomic mass is 16.5. The molecule has 0 amide bonds. The average molecular weight is 441 g/mol. The first-order valence-corrected chi connectivity index (χ1v) is 11.0. The van der Waals surface area contributed by atoms with Crippen LogP contribution in [0.4, 0.5) is 0 Å². The van der Waals surface area contributed by atoms with Gasteiger partial charge in [-0.3, -0.25) is 9.36 Å². The number of hydrogen-bond acceptors (Lipinski definition) is 4. The Bertz CT molecular complexity index is 1720. The summed E-state index contributed by atoms with van der Waals surface area (Å²) in [6.07, 6.45) is 0. The second kappa shape index (κ2) is 7.65. The fraction of sp³-hybridized carbons (Fsp3) is 0.0345. The van der Waals surface area contributed by atoms with Gasteiger partial charge in [0.25, 0.3) is 5.56 Å². The van der Waals surface area contributed by atoms with Crippen LogP contribution in [0.15, 0.2) is 113 Å². The molecule has 162 valence electrons. The van der Waals surface area contributed by atoms with E-state index in [9.17, 15) is 10.1 Å². The zero-order valence-corrected chi connectivity index (χ0v) is 18.1. The van der Waals surface area contributed by atoms with Gasteiger partial charge in [-0.1, -0.05) is 72.8 Å². The molecule has 2 N–H and O–H groups in total. The molecule has 4 aromatic carbocycles. The topological polar surface area (TPSA) is 81.0 Å². The van der Waals surface area contributed by atoms with E-state index in [0.29, 0.717) is 16.8 Å². The number of para-hydroxylation sites is 2. The molecule has 1 aromatic heterocycles. The van der Waals surface area contributed by atoms with Gasteiger partial charge in [0.15, 0.2) is 0 Å². The molecule has 0 saturated carbocycles. The lowest BCUT2D eigenvalue weighted by Crippen LogP contribution is -2.31. The monoisotopic (exact) mass is 441 g/mol. The summed E-state index contributed by atoms with van der Waals surface area (Å²) in [5.74, 6) is -0.232. The van der Waals surface area contributed by atoms with Crippen molar-refractivity contribution in [3.8, 4) is 17.5 Å². The molecule has 0 radical (unpaired) electrons. The lowest BCUT2D eigenvalue weighted by atomic mass is 9.81. The van der Waals surface area contributed by atoms with Gasteiger partial charge in [0, 0.05) is 11.1 Å². The van der Waals surface area contributed by atoms with Crippen molar-refractivity contribution >= 4 is 21.7 Å². The quantitative estimate of drug-likeness (QED) is 0.400. The SMILES string of the molecule is N#CC1=C(N)Oc2c(c(=O)n(-c3ccccc3)c3ccccc23)C1c1cccc2ccccc12. The average Bonchev–Trinajstić information content (AvgIpc) is 2.88. The van der Waals surface area contributed by atoms with E-state index in [4.69, 9.17) is 10.5 Å². The van der Waals surface area contributed by atoms with Gasteiger partial charge >= 0.3 is 0 Å². The van der Waals surface area contributed by atoms with Crippen LogP contribution in [0.25, 0.3) is 27.4 Å². The number of nitriles is 1. The molecule has 1 unspecified atom stereocenters. The molecule has 0 aliphatic carbocycles. The number of nitrogens with zero attached hydrogens (tertiary/aromatic N) is 2. The number of hydrogen-bond donors (Lipinski definition) is 1. The Morgan fingerprint density at radius 2 is 1.50 bits per heavy atom. The maximum absolute atomic E-state index is 14.2. The summed E-state index contributed by atoms with van der Waals surface area (Å²) in [5, 5.41) is 12.8. The van der Waals surface area contributed by atoms with E-state index >= 15 is 0 Å². The first kappa shape index (κ1) is 19.8. The van der Waals surface area contributed by atoms with Crippen molar-refractivity contribution in [2.75, 3.05) is 0 Å². The first-order valence-electron chi connectivity index (χ1n) is 11.0. The number of pyridine rings is 1. The lowest BCUT2D eigenvalue weighted by molar-refractivity contribution is 0.396. The minimum Gasteiger partial charge on any atom is -0.439 e. The number of ether oxygens (including phenoxy) is 1. The van der Waals surface area contributed by atoms with E-state index in [2.05, 4.69) is 6.07 Å². The van der Waals surface area contributed by atoms with E-state index in [1.807, 2.05) is 97.1 Å². The molecular formula is C29H19N3O2. The van der Waals surface area contributed by atoms with Gasteiger partial charge in [-0.25, -0.2) is 0 Å². The van der Waals surface area contributed by atoms with Gasteiger partial charge in [0.2, 0.25) is 5.88 Å². The van der Waals surface area contributed by atoms with Crippen molar-refractivity contribution in [1.29, 1.82) is 5.26 Å². The molecular weight excluding hydrogens is 422 g/mol. The Morgan fingerprint density at radius 3 is 2.29 bits per heavy atom. The van der Waals surface area contributed by atoms with Gasteiger partial charge in [0.05, 0.1) is 17.0 Å². The third-order valence-corrected chi connectivity index (χ3v) is 6.39. The van der Waals surface area contributed by atoms with Crippen LogP contribution in [-0.2, 0) is 0 Å². The summed E-state index contributed by atoms with van der Waals surface area (Å²) in [6.45, 7) is 0. The van der Waals surface area contributed by atoms with Crippen molar-refractivity contribution in [3.05, 3.63) is 130 Å². The largest absolute Gasteiger partial charge is 0.439 e. The highest BCUT2D eigenvalue weighted by molar-refractivity contribution is 5.91. The molecule has 1 atom stereocenters. The van der Waals surface area contributed by atoms with Crippen molar-refractivity contribution in [1.82, 2.24) is 4.57 Å². The molecule has 0 bridgehead atoms. The standard InChI is InChI=1S/C29H19N3O2/c30-17-23-25(21-15-8-10-18-9-4-5-13-20(18)21)26-27(34-28(23)31)22-14-6-7-16-24(22)32(29(26)33)19-11-2-1-3-12-19/h1-16,25H,31H2. The molecule has 0 saturated heterocycles. The fourth-order valence-corrected chi connectivity index (χ4v) is 4.91. The van der Waals surface area contributed by atoms with E-state index in [1.165, 1.54) is 0 Å². The third kappa shape index (κ3) is 2.83. The molecule has 2 heterocycles. The zero-order chi connectivity index (χ0) is 23.2. The smallest absolute Gasteiger partial charge is 0.263 e. The van der Waals surface area contributed by atoms with Gasteiger partial charge in [0.1, 0.15) is 17.4 Å². The summed E-state index contributed by atoms with van der Waals surface area (Å²) in [7, 11) is 0. The van der Waals surface area contributed by atoms with Gasteiger partial charge in [-0.15, -0.1) is 0 Å². The number of aromatic nitrogens is 1. The number of nitrogens with two attached hydrogens (primary N) is 1. The van der Waals surface area contributed by atoms with E-state index in [0.717, 1.165) is 27.4 Å². The van der Waals surface area contributed by atoms with Crippen molar-refractivity contribution in [3.63, 3.8) is 0 Å². The first-order chi connectivity index (χ1) is 16.7. The normalized spacial score (nSPS) is 15.1. The molecule has 5 aromatic rings. The number of fused-ring (bicyclic) bond motifs is 4. The molecule has 1 aliphatic rings. The molecule has 5 heteroatoms. The van der Waals surface area contributed by atoms with Crippen LogP contribution in [0.1, 0.15) is 17.0 Å². The Hall–Kier alpha value is -4.82. The Labute approximate surface area is 195 Å². The van der Waals surface area contributed by atoms with Crippen LogP contribution >= 0.6 is 0 Å². The van der Waals surface area contributed by atoms with Crippen LogP contribution in [0, 0.1) is 11.3 Å². The predicted octanol–water partition coefficient (Wildman–Crippen LogP) is 5.36. The fourth-order valence-electron chi connectivity index (χ4n) is 4.91. The van der Waals surface area contributed by atoms with Gasteiger partial charge in [-0.2, -0.15) is 5.26 Å². The molecule has 34 heavy (non-hydrogen) atoms. The Morgan fingerprint density at radius 1 is 0.824 bits per heavy atom. The summed E-state index contributed by atoms with van der Waals surface area (Å²) in [5.41, 5.74) is 8.99. The molecule has 5 nitrogen and oxygen atoms in total. The maximum atomic E-state index is 14.2.